The van der Waals surface area contributed by atoms with E-state index < -0.39 is 6.04 Å². The molecule has 2 rings (SSSR count). The molecule has 0 saturated heterocycles. The van der Waals surface area contributed by atoms with E-state index in [1.165, 1.54) is 0 Å². The number of benzene rings is 2. The van der Waals surface area contributed by atoms with E-state index in [1.807, 2.05) is 30.3 Å². The summed E-state index contributed by atoms with van der Waals surface area (Å²) < 4.78 is 0. The number of hydrogen-bond acceptors (Lipinski definition) is 2. The lowest BCUT2D eigenvalue weighted by atomic mass is 10.1. The summed E-state index contributed by atoms with van der Waals surface area (Å²) in [5.41, 5.74) is 7.49. The van der Waals surface area contributed by atoms with Gasteiger partial charge in [0, 0.05) is 5.69 Å². The van der Waals surface area contributed by atoms with E-state index >= 15 is 0 Å². The normalized spacial score (nSPS) is 11.9. The summed E-state index contributed by atoms with van der Waals surface area (Å²) in [6.07, 6.45) is 0.480. The Morgan fingerprint density at radius 2 is 1.80 bits per heavy atom. The van der Waals surface area contributed by atoms with Crippen molar-refractivity contribution in [3.8, 4) is 0 Å². The van der Waals surface area contributed by atoms with Crippen LogP contribution in [0.15, 0.2) is 48.5 Å². The van der Waals surface area contributed by atoms with E-state index in [9.17, 15) is 4.79 Å². The highest BCUT2D eigenvalue weighted by Crippen LogP contribution is 2.25. The molecule has 0 aliphatic heterocycles. The van der Waals surface area contributed by atoms with Gasteiger partial charge in [-0.05, 0) is 30.2 Å². The molecule has 104 valence electrons. The van der Waals surface area contributed by atoms with Crippen molar-refractivity contribution in [2.45, 2.75) is 12.5 Å². The summed E-state index contributed by atoms with van der Waals surface area (Å²) in [5, 5.41) is 3.56. The number of carbonyl (C=O) groups excluding carboxylic acids is 1. The maximum Gasteiger partial charge on any atom is 0.241 e. The van der Waals surface area contributed by atoms with Crippen molar-refractivity contribution in [3.05, 3.63) is 64.1 Å². The molecule has 0 aliphatic carbocycles. The Morgan fingerprint density at radius 3 is 2.45 bits per heavy atom. The number of hydrogen-bond donors (Lipinski definition) is 2. The van der Waals surface area contributed by atoms with Gasteiger partial charge in [-0.15, -0.1) is 0 Å². The Labute approximate surface area is 127 Å². The quantitative estimate of drug-likeness (QED) is 0.908. The van der Waals surface area contributed by atoms with E-state index in [-0.39, 0.29) is 5.91 Å². The molecule has 0 radical (unpaired) electrons. The topological polar surface area (TPSA) is 55.1 Å². The minimum absolute atomic E-state index is 0.257. The summed E-state index contributed by atoms with van der Waals surface area (Å²) in [6, 6.07) is 13.9. The average Bonchev–Trinajstić information content (AvgIpc) is 2.44. The molecular weight excluding hydrogens is 295 g/mol. The number of rotatable bonds is 4. The highest BCUT2D eigenvalue weighted by Gasteiger charge is 2.14. The fourth-order valence-corrected chi connectivity index (χ4v) is 2.07. The van der Waals surface area contributed by atoms with Gasteiger partial charge in [-0.3, -0.25) is 4.79 Å². The molecule has 0 heterocycles. The first-order valence-corrected chi connectivity index (χ1v) is 6.87. The number of carbonyl (C=O) groups is 1. The van der Waals surface area contributed by atoms with Crippen LogP contribution in [0.25, 0.3) is 0 Å². The lowest BCUT2D eigenvalue weighted by Gasteiger charge is -2.12. The molecule has 2 aromatic carbocycles. The van der Waals surface area contributed by atoms with Crippen molar-refractivity contribution in [2.75, 3.05) is 5.32 Å². The molecule has 1 atom stereocenters. The van der Waals surface area contributed by atoms with Crippen LogP contribution in [0, 0.1) is 0 Å². The molecule has 3 N–H and O–H groups in total. The number of anilines is 1. The molecule has 0 saturated carbocycles. The summed E-state index contributed by atoms with van der Waals surface area (Å²) >= 11 is 11.7. The van der Waals surface area contributed by atoms with Crippen molar-refractivity contribution in [1.29, 1.82) is 0 Å². The Bertz CT molecular complexity index is 602. The van der Waals surface area contributed by atoms with Crippen molar-refractivity contribution in [1.82, 2.24) is 0 Å². The smallest absolute Gasteiger partial charge is 0.241 e. The molecular formula is C15H14Cl2N2O. The predicted octanol–water partition coefficient (Wildman–Crippen LogP) is 3.50. The third-order valence-corrected chi connectivity index (χ3v) is 3.56. The summed E-state index contributed by atoms with van der Waals surface area (Å²) in [5.74, 6) is -0.257. The summed E-state index contributed by atoms with van der Waals surface area (Å²) in [4.78, 5) is 12.0. The zero-order chi connectivity index (χ0) is 14.5. The Morgan fingerprint density at radius 1 is 1.10 bits per heavy atom. The van der Waals surface area contributed by atoms with Gasteiger partial charge in [0.1, 0.15) is 0 Å². The predicted molar refractivity (Wildman–Crippen MR) is 83.2 cm³/mol. The van der Waals surface area contributed by atoms with Crippen LogP contribution in [0.4, 0.5) is 5.69 Å². The highest BCUT2D eigenvalue weighted by atomic mass is 35.5. The van der Waals surface area contributed by atoms with Crippen LogP contribution >= 0.6 is 23.2 Å². The van der Waals surface area contributed by atoms with Gasteiger partial charge in [0.25, 0.3) is 0 Å². The SMILES string of the molecule is NC(Cc1ccccc1)C(=O)Nc1ccc(Cl)c(Cl)c1. The first kappa shape index (κ1) is 14.9. The molecule has 0 aromatic heterocycles. The van der Waals surface area contributed by atoms with Gasteiger partial charge in [0.2, 0.25) is 5.91 Å². The summed E-state index contributed by atoms with van der Waals surface area (Å²) in [7, 11) is 0. The lowest BCUT2D eigenvalue weighted by molar-refractivity contribution is -0.117. The number of halogens is 2. The summed E-state index contributed by atoms with van der Waals surface area (Å²) in [6.45, 7) is 0. The van der Waals surface area contributed by atoms with Crippen molar-refractivity contribution in [3.63, 3.8) is 0 Å². The Kier molecular flexibility index (Phi) is 5.01. The van der Waals surface area contributed by atoms with Crippen molar-refractivity contribution in [2.24, 2.45) is 5.73 Å². The average molecular weight is 309 g/mol. The third kappa shape index (κ3) is 3.97. The van der Waals surface area contributed by atoms with Crippen LogP contribution in [-0.2, 0) is 11.2 Å². The minimum atomic E-state index is -0.619. The zero-order valence-corrected chi connectivity index (χ0v) is 12.2. The number of nitrogens with two attached hydrogens (primary N) is 1. The molecule has 0 spiro atoms. The third-order valence-electron chi connectivity index (χ3n) is 2.82. The zero-order valence-electron chi connectivity index (χ0n) is 10.6. The van der Waals surface area contributed by atoms with Gasteiger partial charge in [-0.25, -0.2) is 0 Å². The van der Waals surface area contributed by atoms with Crippen LogP contribution in [0.3, 0.4) is 0 Å². The first-order chi connectivity index (χ1) is 9.56. The highest BCUT2D eigenvalue weighted by molar-refractivity contribution is 6.42. The standard InChI is InChI=1S/C15H14Cl2N2O/c16-12-7-6-11(9-13(12)17)19-15(20)14(18)8-10-4-2-1-3-5-10/h1-7,9,14H,8,18H2,(H,19,20). The first-order valence-electron chi connectivity index (χ1n) is 6.11. The largest absolute Gasteiger partial charge is 0.325 e. The van der Waals surface area contributed by atoms with Gasteiger partial charge in [0.15, 0.2) is 0 Å². The molecule has 0 aliphatic rings. The van der Waals surface area contributed by atoms with Crippen LogP contribution in [-0.4, -0.2) is 11.9 Å². The van der Waals surface area contributed by atoms with E-state index in [0.717, 1.165) is 5.56 Å². The molecule has 3 nitrogen and oxygen atoms in total. The maximum absolute atomic E-state index is 12.0. The van der Waals surface area contributed by atoms with E-state index in [1.54, 1.807) is 18.2 Å². The molecule has 2 aromatic rings. The van der Waals surface area contributed by atoms with Crippen molar-refractivity contribution >= 4 is 34.8 Å². The second-order valence-electron chi connectivity index (χ2n) is 4.41. The second kappa shape index (κ2) is 6.75. The van der Waals surface area contributed by atoms with Crippen LogP contribution < -0.4 is 11.1 Å². The Hall–Kier alpha value is -1.55. The van der Waals surface area contributed by atoms with Crippen LogP contribution in [0.5, 0.6) is 0 Å². The minimum Gasteiger partial charge on any atom is -0.325 e. The molecule has 1 amide bonds. The Balaban J connectivity index is 1.99. The van der Waals surface area contributed by atoms with Gasteiger partial charge >= 0.3 is 0 Å². The monoisotopic (exact) mass is 308 g/mol. The fraction of sp³-hybridized carbons (Fsp3) is 0.133. The molecule has 5 heteroatoms. The van der Waals surface area contributed by atoms with Crippen LogP contribution in [0.2, 0.25) is 10.0 Å². The second-order valence-corrected chi connectivity index (χ2v) is 5.23. The molecule has 0 bridgehead atoms. The van der Waals surface area contributed by atoms with E-state index in [2.05, 4.69) is 5.32 Å². The van der Waals surface area contributed by atoms with Crippen molar-refractivity contribution < 1.29 is 4.79 Å². The maximum atomic E-state index is 12.0. The molecule has 0 fully saturated rings. The van der Waals surface area contributed by atoms with Gasteiger partial charge < -0.3 is 11.1 Å². The van der Waals surface area contributed by atoms with Gasteiger partial charge in [-0.1, -0.05) is 53.5 Å². The lowest BCUT2D eigenvalue weighted by Crippen LogP contribution is -2.37. The van der Waals surface area contributed by atoms with Gasteiger partial charge in [-0.2, -0.15) is 0 Å². The molecule has 1 unspecified atom stereocenters. The fourth-order valence-electron chi connectivity index (χ4n) is 1.77. The number of amides is 1. The van der Waals surface area contributed by atoms with Gasteiger partial charge in [0.05, 0.1) is 16.1 Å². The van der Waals surface area contributed by atoms with E-state index in [4.69, 9.17) is 28.9 Å². The van der Waals surface area contributed by atoms with Crippen LogP contribution in [0.1, 0.15) is 5.56 Å². The van der Waals surface area contributed by atoms with E-state index in [0.29, 0.717) is 22.2 Å². The number of nitrogens with one attached hydrogen (secondary N) is 1. The molecule has 20 heavy (non-hydrogen) atoms.